The highest BCUT2D eigenvalue weighted by atomic mass is 79.9. The van der Waals surface area contributed by atoms with Gasteiger partial charge in [0.1, 0.15) is 0 Å². The van der Waals surface area contributed by atoms with Crippen molar-refractivity contribution in [1.82, 2.24) is 4.72 Å². The first-order valence-electron chi connectivity index (χ1n) is 5.17. The number of halogens is 1. The van der Waals surface area contributed by atoms with Gasteiger partial charge in [0.05, 0.1) is 5.25 Å². The lowest BCUT2D eigenvalue weighted by atomic mass is 9.91. The second-order valence-electron chi connectivity index (χ2n) is 5.30. The molecular weight excluding hydrogens is 278 g/mol. The van der Waals surface area contributed by atoms with Crippen LogP contribution in [0.1, 0.15) is 41.0 Å². The van der Waals surface area contributed by atoms with Crippen molar-refractivity contribution in [2.45, 2.75) is 51.1 Å². The topological polar surface area (TPSA) is 46.2 Å². The number of alkyl halides is 1. The van der Waals surface area contributed by atoms with Gasteiger partial charge in [-0.25, -0.2) is 13.1 Å². The third kappa shape index (κ3) is 7.30. The van der Waals surface area contributed by atoms with Crippen molar-refractivity contribution in [3.05, 3.63) is 0 Å². The summed E-state index contributed by atoms with van der Waals surface area (Å²) in [6.07, 6.45) is 0.938. The lowest BCUT2D eigenvalue weighted by molar-refractivity contribution is 0.373. The Kier molecular flexibility index (Phi) is 5.79. The molecule has 0 aliphatic carbocycles. The molecule has 0 rings (SSSR count). The number of sulfonamides is 1. The number of hydrogen-bond donors (Lipinski definition) is 1. The Morgan fingerprint density at radius 1 is 1.27 bits per heavy atom. The molecule has 1 atom stereocenters. The molecule has 0 aromatic carbocycles. The molecule has 3 nitrogen and oxygen atoms in total. The fourth-order valence-electron chi connectivity index (χ4n) is 1.11. The highest BCUT2D eigenvalue weighted by Crippen LogP contribution is 2.24. The fourth-order valence-corrected chi connectivity index (χ4v) is 3.22. The minimum Gasteiger partial charge on any atom is -0.214 e. The molecule has 0 aliphatic heterocycles. The van der Waals surface area contributed by atoms with Crippen LogP contribution in [0.25, 0.3) is 0 Å². The maximum atomic E-state index is 11.5. The van der Waals surface area contributed by atoms with Crippen molar-refractivity contribution in [2.24, 2.45) is 5.41 Å². The van der Waals surface area contributed by atoms with Crippen LogP contribution in [0, 0.1) is 5.41 Å². The Morgan fingerprint density at radius 2 is 1.73 bits per heavy atom. The summed E-state index contributed by atoms with van der Waals surface area (Å²) in [5.41, 5.74) is 0.206. The molecule has 0 radical (unpaired) electrons. The molecule has 1 unspecified atom stereocenters. The zero-order chi connectivity index (χ0) is 12.3. The highest BCUT2D eigenvalue weighted by Gasteiger charge is 2.20. The van der Waals surface area contributed by atoms with Crippen molar-refractivity contribution in [1.29, 1.82) is 0 Å². The molecule has 0 aliphatic rings. The van der Waals surface area contributed by atoms with Crippen LogP contribution in [0.3, 0.4) is 0 Å². The summed E-state index contributed by atoms with van der Waals surface area (Å²) in [5.74, 6) is 0. The molecule has 0 aromatic heterocycles. The second-order valence-corrected chi connectivity index (χ2v) is 8.92. The highest BCUT2D eigenvalue weighted by molar-refractivity contribution is 9.09. The molecular formula is C10H22BrNO2S. The van der Waals surface area contributed by atoms with E-state index in [0.29, 0.717) is 6.54 Å². The van der Waals surface area contributed by atoms with Gasteiger partial charge in [0.15, 0.2) is 0 Å². The van der Waals surface area contributed by atoms with E-state index in [-0.39, 0.29) is 15.5 Å². The van der Waals surface area contributed by atoms with E-state index in [2.05, 4.69) is 41.4 Å². The van der Waals surface area contributed by atoms with E-state index >= 15 is 0 Å². The Balaban J connectivity index is 4.08. The number of nitrogens with one attached hydrogen (secondary N) is 1. The summed E-state index contributed by atoms with van der Waals surface area (Å²) in [4.78, 5) is 0.186. The van der Waals surface area contributed by atoms with Gasteiger partial charge in [0, 0.05) is 11.4 Å². The van der Waals surface area contributed by atoms with Gasteiger partial charge in [-0.1, -0.05) is 36.7 Å². The Morgan fingerprint density at radius 3 is 2.07 bits per heavy atom. The molecule has 5 heteroatoms. The van der Waals surface area contributed by atoms with E-state index in [9.17, 15) is 8.42 Å². The Labute approximate surface area is 102 Å². The van der Waals surface area contributed by atoms with Gasteiger partial charge in [-0.3, -0.25) is 0 Å². The van der Waals surface area contributed by atoms with Crippen molar-refractivity contribution >= 4 is 26.0 Å². The first-order chi connectivity index (χ1) is 6.54. The van der Waals surface area contributed by atoms with Gasteiger partial charge in [-0.05, 0) is 25.7 Å². The minimum absolute atomic E-state index is 0.186. The fraction of sp³-hybridized carbons (Fsp3) is 1.00. The molecule has 0 saturated carbocycles. The number of hydrogen-bond acceptors (Lipinski definition) is 2. The summed E-state index contributed by atoms with van der Waals surface area (Å²) < 4.78 is 25.5. The van der Waals surface area contributed by atoms with Crippen LogP contribution >= 0.6 is 15.9 Å². The Hall–Kier alpha value is 0.390. The molecule has 0 heterocycles. The first-order valence-corrected chi connectivity index (χ1v) is 7.63. The van der Waals surface area contributed by atoms with Crippen molar-refractivity contribution < 1.29 is 8.42 Å². The van der Waals surface area contributed by atoms with Crippen LogP contribution < -0.4 is 4.72 Å². The van der Waals surface area contributed by atoms with Gasteiger partial charge in [-0.15, -0.1) is 0 Å². The van der Waals surface area contributed by atoms with Crippen LogP contribution in [0.5, 0.6) is 0 Å². The summed E-state index contributed by atoms with van der Waals surface area (Å²) in [6, 6.07) is 0. The van der Waals surface area contributed by atoms with E-state index in [1.165, 1.54) is 0 Å². The summed E-state index contributed by atoms with van der Waals surface area (Å²) in [5, 5.41) is -0.369. The van der Waals surface area contributed by atoms with Crippen LogP contribution in [-0.2, 0) is 10.0 Å². The van der Waals surface area contributed by atoms with E-state index in [4.69, 9.17) is 0 Å². The molecule has 0 bridgehead atoms. The van der Waals surface area contributed by atoms with Crippen molar-refractivity contribution in [3.63, 3.8) is 0 Å². The predicted molar refractivity (Wildman–Crippen MR) is 68.8 cm³/mol. The van der Waals surface area contributed by atoms with E-state index in [1.54, 1.807) is 13.8 Å². The average Bonchev–Trinajstić information content (AvgIpc) is 1.97. The summed E-state index contributed by atoms with van der Waals surface area (Å²) in [7, 11) is -3.13. The first kappa shape index (κ1) is 15.4. The van der Waals surface area contributed by atoms with E-state index < -0.39 is 10.0 Å². The SMILES string of the molecule is CC(C)S(=O)(=O)NCC(Br)CC(C)(C)C. The zero-order valence-electron chi connectivity index (χ0n) is 10.2. The minimum atomic E-state index is -3.13. The molecule has 0 aromatic rings. The molecule has 0 saturated heterocycles. The second kappa shape index (κ2) is 5.64. The van der Waals surface area contributed by atoms with Crippen molar-refractivity contribution in [2.75, 3.05) is 6.54 Å². The smallest absolute Gasteiger partial charge is 0.213 e. The predicted octanol–water partition coefficient (Wildman–Crippen LogP) is 2.51. The number of rotatable bonds is 5. The lowest BCUT2D eigenvalue weighted by Gasteiger charge is -2.22. The van der Waals surface area contributed by atoms with Gasteiger partial charge >= 0.3 is 0 Å². The van der Waals surface area contributed by atoms with Crippen molar-refractivity contribution in [3.8, 4) is 0 Å². The van der Waals surface area contributed by atoms with Gasteiger partial charge < -0.3 is 0 Å². The molecule has 0 fully saturated rings. The third-order valence-electron chi connectivity index (χ3n) is 1.96. The van der Waals surface area contributed by atoms with Gasteiger partial charge in [-0.2, -0.15) is 0 Å². The maximum Gasteiger partial charge on any atom is 0.213 e. The van der Waals surface area contributed by atoms with E-state index in [1.807, 2.05) is 0 Å². The monoisotopic (exact) mass is 299 g/mol. The van der Waals surface area contributed by atoms with Crippen LogP contribution in [0.15, 0.2) is 0 Å². The van der Waals surface area contributed by atoms with Crippen LogP contribution in [0.2, 0.25) is 0 Å². The average molecular weight is 300 g/mol. The Bertz CT molecular complexity index is 280. The van der Waals surface area contributed by atoms with Gasteiger partial charge in [0.2, 0.25) is 10.0 Å². The van der Waals surface area contributed by atoms with Crippen LogP contribution in [-0.4, -0.2) is 25.0 Å². The maximum absolute atomic E-state index is 11.5. The van der Waals surface area contributed by atoms with Crippen LogP contribution in [0.4, 0.5) is 0 Å². The molecule has 92 valence electrons. The molecule has 0 spiro atoms. The normalized spacial score (nSPS) is 15.7. The summed E-state index contributed by atoms with van der Waals surface area (Å²) >= 11 is 3.49. The standard InChI is InChI=1S/C10H22BrNO2S/c1-8(2)15(13,14)12-7-9(11)6-10(3,4)5/h8-9,12H,6-7H2,1-5H3. The quantitative estimate of drug-likeness (QED) is 0.793. The third-order valence-corrected chi connectivity index (χ3v) is 4.42. The molecule has 15 heavy (non-hydrogen) atoms. The summed E-state index contributed by atoms with van der Waals surface area (Å²) in [6.45, 7) is 10.2. The van der Waals surface area contributed by atoms with E-state index in [0.717, 1.165) is 6.42 Å². The molecule has 0 amide bonds. The largest absolute Gasteiger partial charge is 0.214 e. The molecule has 1 N–H and O–H groups in total. The lowest BCUT2D eigenvalue weighted by Crippen LogP contribution is -2.35. The van der Waals surface area contributed by atoms with Gasteiger partial charge in [0.25, 0.3) is 0 Å². The zero-order valence-corrected chi connectivity index (χ0v) is 12.6.